The molecule has 2 amide bonds. The normalized spacial score (nSPS) is 29.3. The van der Waals surface area contributed by atoms with E-state index >= 15 is 0 Å². The lowest BCUT2D eigenvalue weighted by molar-refractivity contribution is -0.140. The molecule has 25 heavy (non-hydrogen) atoms. The average Bonchev–Trinajstić information content (AvgIpc) is 2.58. The van der Waals surface area contributed by atoms with Crippen molar-refractivity contribution in [2.75, 3.05) is 32.7 Å². The number of nitrogens with zero attached hydrogens (tertiary/aromatic N) is 2. The van der Waals surface area contributed by atoms with Crippen LogP contribution in [0.25, 0.3) is 0 Å². The smallest absolute Gasteiger partial charge is 0.239 e. The van der Waals surface area contributed by atoms with Crippen molar-refractivity contribution in [3.05, 3.63) is 0 Å². The Morgan fingerprint density at radius 3 is 2.48 bits per heavy atom. The molecule has 144 valence electrons. The number of likely N-dealkylation sites (tertiary alicyclic amines) is 2. The largest absolute Gasteiger partial charge is 0.356 e. The SMILES string of the molecule is CCCC(=O)NCC1CCCN(C(C)C(=O)N2CC(C)CC(C)C2)C1. The highest BCUT2D eigenvalue weighted by Crippen LogP contribution is 2.24. The third kappa shape index (κ3) is 5.98. The maximum atomic E-state index is 13.0. The summed E-state index contributed by atoms with van der Waals surface area (Å²) in [4.78, 5) is 29.1. The Morgan fingerprint density at radius 1 is 1.16 bits per heavy atom. The van der Waals surface area contributed by atoms with E-state index in [9.17, 15) is 9.59 Å². The molecule has 5 nitrogen and oxygen atoms in total. The molecule has 2 rings (SSSR count). The molecule has 2 fully saturated rings. The van der Waals surface area contributed by atoms with Crippen LogP contribution < -0.4 is 5.32 Å². The van der Waals surface area contributed by atoms with Crippen LogP contribution in [0.3, 0.4) is 0 Å². The molecule has 0 radical (unpaired) electrons. The second-order valence-electron chi connectivity index (χ2n) is 8.42. The molecule has 0 aliphatic carbocycles. The zero-order valence-corrected chi connectivity index (χ0v) is 16.6. The summed E-state index contributed by atoms with van der Waals surface area (Å²) < 4.78 is 0. The number of carbonyl (C=O) groups is 2. The molecular weight excluding hydrogens is 314 g/mol. The lowest BCUT2D eigenvalue weighted by atomic mass is 9.91. The molecule has 0 saturated carbocycles. The van der Waals surface area contributed by atoms with E-state index in [1.165, 1.54) is 6.42 Å². The van der Waals surface area contributed by atoms with Crippen LogP contribution in [0.2, 0.25) is 0 Å². The molecule has 4 unspecified atom stereocenters. The topological polar surface area (TPSA) is 52.7 Å². The Balaban J connectivity index is 1.84. The summed E-state index contributed by atoms with van der Waals surface area (Å²) in [5, 5.41) is 3.06. The third-order valence-electron chi connectivity index (χ3n) is 5.70. The molecular formula is C20H37N3O2. The Kier molecular flexibility index (Phi) is 7.73. The summed E-state index contributed by atoms with van der Waals surface area (Å²) in [5.41, 5.74) is 0. The first kappa shape index (κ1) is 20.2. The van der Waals surface area contributed by atoms with Crippen molar-refractivity contribution in [2.24, 2.45) is 17.8 Å². The van der Waals surface area contributed by atoms with Crippen LogP contribution in [0.15, 0.2) is 0 Å². The molecule has 2 saturated heterocycles. The fourth-order valence-corrected chi connectivity index (χ4v) is 4.45. The summed E-state index contributed by atoms with van der Waals surface area (Å²) in [6, 6.07) is -0.0494. The van der Waals surface area contributed by atoms with Crippen molar-refractivity contribution in [2.45, 2.75) is 65.8 Å². The summed E-state index contributed by atoms with van der Waals surface area (Å²) in [6.07, 6.45) is 4.97. The van der Waals surface area contributed by atoms with E-state index in [0.29, 0.717) is 24.2 Å². The van der Waals surface area contributed by atoms with Gasteiger partial charge in [-0.1, -0.05) is 20.8 Å². The number of hydrogen-bond acceptors (Lipinski definition) is 3. The predicted octanol–water partition coefficient (Wildman–Crippen LogP) is 2.51. The van der Waals surface area contributed by atoms with Crippen molar-refractivity contribution in [3.8, 4) is 0 Å². The van der Waals surface area contributed by atoms with Gasteiger partial charge in [0.15, 0.2) is 0 Å². The van der Waals surface area contributed by atoms with Gasteiger partial charge in [-0.2, -0.15) is 0 Å². The zero-order valence-electron chi connectivity index (χ0n) is 16.6. The van der Waals surface area contributed by atoms with Gasteiger partial charge in [-0.15, -0.1) is 0 Å². The second-order valence-corrected chi connectivity index (χ2v) is 8.42. The standard InChI is InChI=1S/C20H37N3O2/c1-5-7-19(24)21-11-18-8-6-9-22(14-18)17(4)20(25)23-12-15(2)10-16(3)13-23/h15-18H,5-14H2,1-4H3,(H,21,24). The van der Waals surface area contributed by atoms with Crippen molar-refractivity contribution < 1.29 is 9.59 Å². The van der Waals surface area contributed by atoms with Crippen LogP contribution in [0.5, 0.6) is 0 Å². The van der Waals surface area contributed by atoms with Gasteiger partial charge < -0.3 is 10.2 Å². The lowest BCUT2D eigenvalue weighted by Gasteiger charge is -2.41. The van der Waals surface area contributed by atoms with Gasteiger partial charge in [0.1, 0.15) is 0 Å². The predicted molar refractivity (Wildman–Crippen MR) is 101 cm³/mol. The molecule has 0 aromatic carbocycles. The quantitative estimate of drug-likeness (QED) is 0.800. The van der Waals surface area contributed by atoms with Gasteiger partial charge in [0.2, 0.25) is 11.8 Å². The van der Waals surface area contributed by atoms with E-state index in [-0.39, 0.29) is 17.9 Å². The van der Waals surface area contributed by atoms with Crippen LogP contribution in [-0.2, 0) is 9.59 Å². The van der Waals surface area contributed by atoms with E-state index in [2.05, 4.69) is 35.9 Å². The Morgan fingerprint density at radius 2 is 1.84 bits per heavy atom. The summed E-state index contributed by atoms with van der Waals surface area (Å²) >= 11 is 0. The number of piperidine rings is 2. The van der Waals surface area contributed by atoms with Crippen molar-refractivity contribution >= 4 is 11.8 Å². The Labute approximate surface area is 153 Å². The van der Waals surface area contributed by atoms with Crippen molar-refractivity contribution in [1.29, 1.82) is 0 Å². The van der Waals surface area contributed by atoms with E-state index in [4.69, 9.17) is 0 Å². The van der Waals surface area contributed by atoms with Gasteiger partial charge in [-0.3, -0.25) is 14.5 Å². The summed E-state index contributed by atoms with van der Waals surface area (Å²) in [5.74, 6) is 2.10. The van der Waals surface area contributed by atoms with Gasteiger partial charge in [0.25, 0.3) is 0 Å². The maximum absolute atomic E-state index is 13.0. The first-order valence-electron chi connectivity index (χ1n) is 10.2. The van der Waals surface area contributed by atoms with Crippen LogP contribution in [0.4, 0.5) is 0 Å². The van der Waals surface area contributed by atoms with Crippen molar-refractivity contribution in [1.82, 2.24) is 15.1 Å². The number of amides is 2. The molecule has 5 heteroatoms. The fraction of sp³-hybridized carbons (Fsp3) is 0.900. The highest BCUT2D eigenvalue weighted by Gasteiger charge is 2.33. The van der Waals surface area contributed by atoms with E-state index in [1.54, 1.807) is 0 Å². The molecule has 1 N–H and O–H groups in total. The Bertz CT molecular complexity index is 444. The minimum absolute atomic E-state index is 0.0494. The molecule has 2 aliphatic rings. The van der Waals surface area contributed by atoms with Gasteiger partial charge in [-0.25, -0.2) is 0 Å². The van der Waals surface area contributed by atoms with E-state index < -0.39 is 0 Å². The highest BCUT2D eigenvalue weighted by atomic mass is 16.2. The number of hydrogen-bond donors (Lipinski definition) is 1. The van der Waals surface area contributed by atoms with Crippen LogP contribution in [0, 0.1) is 17.8 Å². The Hall–Kier alpha value is -1.10. The van der Waals surface area contributed by atoms with Crippen molar-refractivity contribution in [3.63, 3.8) is 0 Å². The van der Waals surface area contributed by atoms with Gasteiger partial charge in [0.05, 0.1) is 6.04 Å². The van der Waals surface area contributed by atoms with Gasteiger partial charge in [-0.05, 0) is 56.9 Å². The lowest BCUT2D eigenvalue weighted by Crippen LogP contribution is -2.54. The molecule has 0 bridgehead atoms. The van der Waals surface area contributed by atoms with E-state index in [1.807, 2.05) is 6.92 Å². The third-order valence-corrected chi connectivity index (χ3v) is 5.70. The molecule has 2 heterocycles. The first-order valence-corrected chi connectivity index (χ1v) is 10.2. The average molecular weight is 352 g/mol. The number of carbonyl (C=O) groups excluding carboxylic acids is 2. The van der Waals surface area contributed by atoms with Crippen LogP contribution >= 0.6 is 0 Å². The minimum atomic E-state index is -0.0494. The molecule has 2 aliphatic heterocycles. The summed E-state index contributed by atoms with van der Waals surface area (Å²) in [7, 11) is 0. The zero-order chi connectivity index (χ0) is 18.4. The molecule has 0 spiro atoms. The second kappa shape index (κ2) is 9.56. The maximum Gasteiger partial charge on any atom is 0.239 e. The van der Waals surface area contributed by atoms with Gasteiger partial charge >= 0.3 is 0 Å². The van der Waals surface area contributed by atoms with Gasteiger partial charge in [0, 0.05) is 32.6 Å². The number of nitrogens with one attached hydrogen (secondary N) is 1. The molecule has 0 aromatic rings. The van der Waals surface area contributed by atoms with E-state index in [0.717, 1.165) is 52.0 Å². The van der Waals surface area contributed by atoms with Crippen LogP contribution in [-0.4, -0.2) is 60.4 Å². The fourth-order valence-electron chi connectivity index (χ4n) is 4.45. The molecule has 0 aromatic heterocycles. The highest BCUT2D eigenvalue weighted by molar-refractivity contribution is 5.81. The minimum Gasteiger partial charge on any atom is -0.356 e. The van der Waals surface area contributed by atoms with Crippen LogP contribution in [0.1, 0.15) is 59.8 Å². The molecule has 4 atom stereocenters. The number of rotatable bonds is 6. The first-order chi connectivity index (χ1) is 11.9. The monoisotopic (exact) mass is 351 g/mol. The summed E-state index contributed by atoms with van der Waals surface area (Å²) in [6.45, 7) is 13.0.